The van der Waals surface area contributed by atoms with Crippen LogP contribution in [0.1, 0.15) is 25.3 Å². The van der Waals surface area contributed by atoms with Gasteiger partial charge in [0.2, 0.25) is 5.91 Å². The SMILES string of the molecule is CC(CCc1ccccc1)NC(=O)CCn1cnc2onc(-c3ccc(F)cc3)c2c1=O. The Hall–Kier alpha value is -3.81. The van der Waals surface area contributed by atoms with E-state index in [1.165, 1.54) is 40.7 Å². The third-order valence-corrected chi connectivity index (χ3v) is 5.28. The molecule has 164 valence electrons. The number of nitrogens with one attached hydrogen (secondary N) is 1. The van der Waals surface area contributed by atoms with Crippen LogP contribution in [-0.4, -0.2) is 26.7 Å². The summed E-state index contributed by atoms with van der Waals surface area (Å²) in [6.07, 6.45) is 3.18. The molecule has 2 heterocycles. The molecule has 0 fully saturated rings. The van der Waals surface area contributed by atoms with E-state index in [0.717, 1.165) is 12.8 Å². The van der Waals surface area contributed by atoms with Crippen molar-refractivity contribution in [3.05, 3.63) is 82.7 Å². The third-order valence-electron chi connectivity index (χ3n) is 5.28. The molecular formula is C24H23FN4O3. The van der Waals surface area contributed by atoms with E-state index in [2.05, 4.69) is 27.6 Å². The van der Waals surface area contributed by atoms with Crippen LogP contribution in [0.4, 0.5) is 4.39 Å². The van der Waals surface area contributed by atoms with Crippen LogP contribution in [0.15, 0.2) is 70.2 Å². The summed E-state index contributed by atoms with van der Waals surface area (Å²) in [7, 11) is 0. The average Bonchev–Trinajstić information content (AvgIpc) is 3.23. The summed E-state index contributed by atoms with van der Waals surface area (Å²) >= 11 is 0. The zero-order chi connectivity index (χ0) is 22.5. The molecule has 0 radical (unpaired) electrons. The van der Waals surface area contributed by atoms with Crippen LogP contribution in [0.25, 0.3) is 22.4 Å². The molecule has 1 atom stereocenters. The molecule has 1 N–H and O–H groups in total. The monoisotopic (exact) mass is 434 g/mol. The molecule has 0 aliphatic carbocycles. The van der Waals surface area contributed by atoms with Crippen LogP contribution in [0.3, 0.4) is 0 Å². The highest BCUT2D eigenvalue weighted by molar-refractivity contribution is 5.88. The quantitative estimate of drug-likeness (QED) is 0.457. The second-order valence-electron chi connectivity index (χ2n) is 7.70. The summed E-state index contributed by atoms with van der Waals surface area (Å²) in [5, 5.41) is 7.10. The Bertz CT molecular complexity index is 1270. The van der Waals surface area contributed by atoms with Crippen LogP contribution in [0, 0.1) is 5.82 Å². The molecule has 8 heteroatoms. The van der Waals surface area contributed by atoms with E-state index in [1.54, 1.807) is 0 Å². The number of amides is 1. The number of hydrogen-bond acceptors (Lipinski definition) is 5. The fraction of sp³-hybridized carbons (Fsp3) is 0.250. The van der Waals surface area contributed by atoms with Crippen molar-refractivity contribution in [1.82, 2.24) is 20.0 Å². The molecule has 7 nitrogen and oxygen atoms in total. The Balaban J connectivity index is 1.40. The molecule has 0 aliphatic heterocycles. The highest BCUT2D eigenvalue weighted by Gasteiger charge is 2.17. The maximum atomic E-state index is 13.2. The Morgan fingerprint density at radius 1 is 1.16 bits per heavy atom. The van der Waals surface area contributed by atoms with Crippen molar-refractivity contribution in [2.45, 2.75) is 38.8 Å². The predicted octanol–water partition coefficient (Wildman–Crippen LogP) is 3.72. The smallest absolute Gasteiger partial charge is 0.266 e. The first-order chi connectivity index (χ1) is 15.5. The number of nitrogens with zero attached hydrogens (tertiary/aromatic N) is 3. The number of aromatic nitrogens is 3. The first-order valence-corrected chi connectivity index (χ1v) is 10.5. The highest BCUT2D eigenvalue weighted by Crippen LogP contribution is 2.24. The van der Waals surface area contributed by atoms with E-state index in [9.17, 15) is 14.0 Å². The largest absolute Gasteiger partial charge is 0.354 e. The molecule has 0 spiro atoms. The molecule has 2 aromatic heterocycles. The van der Waals surface area contributed by atoms with E-state index < -0.39 is 0 Å². The van der Waals surface area contributed by atoms with Gasteiger partial charge in [-0.2, -0.15) is 0 Å². The molecule has 32 heavy (non-hydrogen) atoms. The maximum Gasteiger partial charge on any atom is 0.266 e. The second-order valence-corrected chi connectivity index (χ2v) is 7.70. The van der Waals surface area contributed by atoms with Crippen molar-refractivity contribution >= 4 is 17.0 Å². The minimum absolute atomic E-state index is 0.0168. The van der Waals surface area contributed by atoms with Crippen molar-refractivity contribution in [2.24, 2.45) is 0 Å². The molecule has 0 bridgehead atoms. The Morgan fingerprint density at radius 3 is 2.66 bits per heavy atom. The number of halogens is 1. The molecule has 1 amide bonds. The lowest BCUT2D eigenvalue weighted by atomic mass is 10.1. The van der Waals surface area contributed by atoms with E-state index >= 15 is 0 Å². The first kappa shape index (κ1) is 21.4. The lowest BCUT2D eigenvalue weighted by molar-refractivity contribution is -0.121. The van der Waals surface area contributed by atoms with Crippen molar-refractivity contribution in [2.75, 3.05) is 0 Å². The van der Waals surface area contributed by atoms with Crippen molar-refractivity contribution in [1.29, 1.82) is 0 Å². The normalized spacial score (nSPS) is 12.1. The second kappa shape index (κ2) is 9.55. The molecule has 4 aromatic rings. The molecule has 4 rings (SSSR count). The molecule has 2 aromatic carbocycles. The Morgan fingerprint density at radius 2 is 1.91 bits per heavy atom. The minimum Gasteiger partial charge on any atom is -0.354 e. The lowest BCUT2D eigenvalue weighted by Crippen LogP contribution is -2.34. The first-order valence-electron chi connectivity index (χ1n) is 10.5. The number of aryl methyl sites for hydroxylation is 2. The summed E-state index contributed by atoms with van der Waals surface area (Å²) in [6.45, 7) is 2.14. The number of carbonyl (C=O) groups is 1. The van der Waals surface area contributed by atoms with Crippen LogP contribution in [0.5, 0.6) is 0 Å². The summed E-state index contributed by atoms with van der Waals surface area (Å²) in [5.41, 5.74) is 1.81. The fourth-order valence-corrected chi connectivity index (χ4v) is 3.51. The van der Waals surface area contributed by atoms with E-state index in [4.69, 9.17) is 4.52 Å². The molecule has 0 saturated carbocycles. The molecule has 0 aliphatic rings. The van der Waals surface area contributed by atoms with Crippen molar-refractivity contribution in [3.63, 3.8) is 0 Å². The predicted molar refractivity (Wildman–Crippen MR) is 118 cm³/mol. The summed E-state index contributed by atoms with van der Waals surface area (Å²) in [4.78, 5) is 29.5. The van der Waals surface area contributed by atoms with Gasteiger partial charge in [-0.05, 0) is 49.6 Å². The number of hydrogen-bond donors (Lipinski definition) is 1. The van der Waals surface area contributed by atoms with Gasteiger partial charge in [0.15, 0.2) is 0 Å². The van der Waals surface area contributed by atoms with E-state index in [-0.39, 0.29) is 47.4 Å². The van der Waals surface area contributed by atoms with Crippen LogP contribution < -0.4 is 10.9 Å². The Labute approximate surface area is 183 Å². The zero-order valence-electron chi connectivity index (χ0n) is 17.6. The highest BCUT2D eigenvalue weighted by atomic mass is 19.1. The van der Waals surface area contributed by atoms with Gasteiger partial charge in [-0.3, -0.25) is 14.2 Å². The number of fused-ring (bicyclic) bond motifs is 1. The number of rotatable bonds is 8. The summed E-state index contributed by atoms with van der Waals surface area (Å²) < 4.78 is 19.8. The topological polar surface area (TPSA) is 90.0 Å². The van der Waals surface area contributed by atoms with Crippen molar-refractivity contribution < 1.29 is 13.7 Å². The van der Waals surface area contributed by atoms with E-state index in [0.29, 0.717) is 11.3 Å². The van der Waals surface area contributed by atoms with Gasteiger partial charge in [0.1, 0.15) is 23.2 Å². The Kier molecular flexibility index (Phi) is 6.39. The summed E-state index contributed by atoms with van der Waals surface area (Å²) in [5.74, 6) is -0.525. The van der Waals surface area contributed by atoms with Gasteiger partial charge in [0, 0.05) is 24.6 Å². The van der Waals surface area contributed by atoms with Crippen LogP contribution in [0.2, 0.25) is 0 Å². The summed E-state index contributed by atoms with van der Waals surface area (Å²) in [6, 6.07) is 15.7. The average molecular weight is 434 g/mol. The number of carbonyl (C=O) groups excluding carboxylic acids is 1. The fourth-order valence-electron chi connectivity index (χ4n) is 3.51. The van der Waals surface area contributed by atoms with Gasteiger partial charge in [0.05, 0.1) is 0 Å². The van der Waals surface area contributed by atoms with Gasteiger partial charge in [0.25, 0.3) is 11.3 Å². The van der Waals surface area contributed by atoms with Crippen molar-refractivity contribution in [3.8, 4) is 11.3 Å². The molecule has 0 saturated heterocycles. The number of benzene rings is 2. The van der Waals surface area contributed by atoms with Gasteiger partial charge < -0.3 is 9.84 Å². The van der Waals surface area contributed by atoms with E-state index in [1.807, 2.05) is 25.1 Å². The third kappa shape index (κ3) is 4.91. The van der Waals surface area contributed by atoms with Gasteiger partial charge in [-0.25, -0.2) is 9.37 Å². The van der Waals surface area contributed by atoms with Crippen LogP contribution in [-0.2, 0) is 17.8 Å². The van der Waals surface area contributed by atoms with Gasteiger partial charge >= 0.3 is 0 Å². The zero-order valence-corrected chi connectivity index (χ0v) is 17.6. The van der Waals surface area contributed by atoms with Gasteiger partial charge in [-0.15, -0.1) is 0 Å². The minimum atomic E-state index is -0.388. The van der Waals surface area contributed by atoms with Crippen LogP contribution >= 0.6 is 0 Å². The lowest BCUT2D eigenvalue weighted by Gasteiger charge is -2.14. The maximum absolute atomic E-state index is 13.2. The van der Waals surface area contributed by atoms with Gasteiger partial charge in [-0.1, -0.05) is 35.5 Å². The molecular weight excluding hydrogens is 411 g/mol. The standard InChI is InChI=1S/C24H23FN4O3/c1-16(7-8-17-5-3-2-4-6-17)27-20(30)13-14-29-15-26-23-21(24(29)31)22(28-32-23)18-9-11-19(25)12-10-18/h2-6,9-12,15-16H,7-8,13-14H2,1H3,(H,27,30). The molecule has 1 unspecified atom stereocenters.